The Bertz CT molecular complexity index is 1630. The summed E-state index contributed by atoms with van der Waals surface area (Å²) in [6, 6.07) is 12.9. The van der Waals surface area contributed by atoms with Gasteiger partial charge < -0.3 is 24.0 Å². The Morgan fingerprint density at radius 3 is 1.61 bits per heavy atom. The number of benzene rings is 2. The quantitative estimate of drug-likeness (QED) is 0.212. The van der Waals surface area contributed by atoms with Crippen LogP contribution in [0.1, 0.15) is 77.6 Å². The number of amides is 4. The van der Waals surface area contributed by atoms with Gasteiger partial charge in [-0.2, -0.15) is 9.80 Å². The van der Waals surface area contributed by atoms with Crippen LogP contribution in [-0.4, -0.2) is 74.9 Å². The number of imide groups is 2. The molecule has 0 bridgehead atoms. The van der Waals surface area contributed by atoms with Crippen LogP contribution in [0.15, 0.2) is 48.5 Å². The predicted octanol–water partition coefficient (Wildman–Crippen LogP) is 6.86. The average Bonchev–Trinajstić information content (AvgIpc) is 3.43. The molecule has 2 heterocycles. The van der Waals surface area contributed by atoms with E-state index in [1.807, 2.05) is 0 Å². The molecule has 2 aromatic carbocycles. The van der Waals surface area contributed by atoms with E-state index in [4.69, 9.17) is 38.6 Å². The molecule has 2 saturated heterocycles. The van der Waals surface area contributed by atoms with Crippen LogP contribution in [0.3, 0.4) is 0 Å². The second-order valence-electron chi connectivity index (χ2n) is 12.7. The van der Waals surface area contributed by atoms with Crippen molar-refractivity contribution in [2.75, 3.05) is 29.6 Å². The zero-order valence-corrected chi connectivity index (χ0v) is 29.0. The van der Waals surface area contributed by atoms with Crippen LogP contribution in [0.25, 0.3) is 0 Å². The second-order valence-corrected chi connectivity index (χ2v) is 13.4. The number of anilines is 2. The van der Waals surface area contributed by atoms with E-state index in [1.165, 1.54) is 12.1 Å². The highest BCUT2D eigenvalue weighted by Gasteiger charge is 2.59. The summed E-state index contributed by atoms with van der Waals surface area (Å²) in [5.74, 6) is -0.618. The third-order valence-electron chi connectivity index (χ3n) is 9.78. The van der Waals surface area contributed by atoms with Crippen molar-refractivity contribution in [1.82, 2.24) is 9.80 Å². The third kappa shape index (κ3) is 6.24. The normalized spacial score (nSPS) is 20.0. The van der Waals surface area contributed by atoms with Crippen molar-refractivity contribution in [2.45, 2.75) is 88.6 Å². The minimum Gasteiger partial charge on any atom is -0.493 e. The Morgan fingerprint density at radius 2 is 1.14 bits per heavy atom. The first-order chi connectivity index (χ1) is 23.6. The van der Waals surface area contributed by atoms with Gasteiger partial charge in [-0.3, -0.25) is 9.59 Å². The van der Waals surface area contributed by atoms with E-state index >= 15 is 0 Å². The standard InChI is InChI=1S/C35H39FN4O7S2/c1-2-45-32(43)37-28(41)34(18-5-3-6-19-34)40(30(37)48)26-14-16-27(17-15-26)46-22-9-23-47-33(44)38-29(42)35(20-7-4-8-21-35)39(31(38)49)25-12-10-24(36)11-13-25/h10-17H,2-9,18-23H2,1H3. The molecule has 260 valence electrons. The van der Waals surface area contributed by atoms with Crippen LogP contribution in [0.5, 0.6) is 5.75 Å². The molecule has 0 radical (unpaired) electrons. The highest BCUT2D eigenvalue weighted by atomic mass is 32.1. The summed E-state index contributed by atoms with van der Waals surface area (Å²) in [5.41, 5.74) is -0.703. The first-order valence-corrected chi connectivity index (χ1v) is 17.7. The molecule has 14 heteroatoms. The molecule has 0 aromatic heterocycles. The number of carbonyl (C=O) groups excluding carboxylic acids is 4. The molecule has 2 aliphatic heterocycles. The fraction of sp³-hybridized carbons (Fsp3) is 0.486. The van der Waals surface area contributed by atoms with Crippen molar-refractivity contribution >= 4 is 70.0 Å². The zero-order valence-electron chi connectivity index (χ0n) is 27.4. The summed E-state index contributed by atoms with van der Waals surface area (Å²) in [5, 5.41) is 0.131. The molecule has 2 saturated carbocycles. The van der Waals surface area contributed by atoms with E-state index in [1.54, 1.807) is 53.1 Å². The van der Waals surface area contributed by atoms with Crippen LogP contribution >= 0.6 is 24.4 Å². The Hall–Kier alpha value is -4.17. The van der Waals surface area contributed by atoms with Gasteiger partial charge in [-0.25, -0.2) is 14.0 Å². The van der Waals surface area contributed by atoms with E-state index < -0.39 is 35.0 Å². The topological polar surface area (TPSA) is 109 Å². The lowest BCUT2D eigenvalue weighted by atomic mass is 9.80. The molecule has 6 rings (SSSR count). The minimum atomic E-state index is -0.999. The lowest BCUT2D eigenvalue weighted by Gasteiger charge is -2.39. The molecule has 11 nitrogen and oxygen atoms in total. The molecule has 49 heavy (non-hydrogen) atoms. The van der Waals surface area contributed by atoms with Gasteiger partial charge in [0.05, 0.1) is 19.8 Å². The van der Waals surface area contributed by atoms with Gasteiger partial charge >= 0.3 is 12.2 Å². The van der Waals surface area contributed by atoms with Gasteiger partial charge in [-0.05, 0) is 106 Å². The maximum Gasteiger partial charge on any atom is 0.423 e. The number of hydrogen-bond donors (Lipinski definition) is 0. The molecule has 2 spiro atoms. The molecular weight excluding hydrogens is 672 g/mol. The van der Waals surface area contributed by atoms with Crippen molar-refractivity contribution in [3.8, 4) is 5.75 Å². The lowest BCUT2D eigenvalue weighted by molar-refractivity contribution is -0.131. The van der Waals surface area contributed by atoms with Crippen molar-refractivity contribution in [1.29, 1.82) is 0 Å². The van der Waals surface area contributed by atoms with Gasteiger partial charge in [-0.15, -0.1) is 0 Å². The van der Waals surface area contributed by atoms with E-state index in [-0.39, 0.29) is 36.0 Å². The van der Waals surface area contributed by atoms with E-state index in [0.717, 1.165) is 48.3 Å². The van der Waals surface area contributed by atoms with Crippen LogP contribution in [-0.2, 0) is 19.1 Å². The average molecular weight is 711 g/mol. The molecule has 4 aliphatic rings. The van der Waals surface area contributed by atoms with Crippen LogP contribution in [0, 0.1) is 5.82 Å². The summed E-state index contributed by atoms with van der Waals surface area (Å²) < 4.78 is 30.2. The summed E-state index contributed by atoms with van der Waals surface area (Å²) in [7, 11) is 0. The summed E-state index contributed by atoms with van der Waals surface area (Å²) in [4.78, 5) is 58.6. The van der Waals surface area contributed by atoms with Gasteiger partial charge in [0.15, 0.2) is 10.2 Å². The van der Waals surface area contributed by atoms with Gasteiger partial charge in [0.25, 0.3) is 11.8 Å². The molecule has 4 amide bonds. The van der Waals surface area contributed by atoms with Crippen LogP contribution in [0.2, 0.25) is 0 Å². The third-order valence-corrected chi connectivity index (χ3v) is 10.5. The van der Waals surface area contributed by atoms with Gasteiger partial charge in [0.1, 0.15) is 22.6 Å². The Kier molecular flexibility index (Phi) is 10.2. The first kappa shape index (κ1) is 34.7. The summed E-state index contributed by atoms with van der Waals surface area (Å²) in [6.45, 7) is 2.02. The van der Waals surface area contributed by atoms with Crippen molar-refractivity contribution < 1.29 is 37.8 Å². The molecule has 0 atom stereocenters. The zero-order chi connectivity index (χ0) is 34.8. The first-order valence-electron chi connectivity index (χ1n) is 16.8. The number of nitrogens with zero attached hydrogens (tertiary/aromatic N) is 4. The lowest BCUT2D eigenvalue weighted by Crippen LogP contribution is -2.51. The maximum atomic E-state index is 13.7. The Balaban J connectivity index is 1.06. The highest BCUT2D eigenvalue weighted by Crippen LogP contribution is 2.45. The minimum absolute atomic E-state index is 0.0107. The van der Waals surface area contributed by atoms with E-state index in [2.05, 4.69) is 0 Å². The molecule has 0 unspecified atom stereocenters. The maximum absolute atomic E-state index is 13.7. The number of rotatable bonds is 8. The van der Waals surface area contributed by atoms with Crippen molar-refractivity contribution in [3.63, 3.8) is 0 Å². The predicted molar refractivity (Wildman–Crippen MR) is 187 cm³/mol. The number of ether oxygens (including phenoxy) is 3. The van der Waals surface area contributed by atoms with Crippen molar-refractivity contribution in [3.05, 3.63) is 54.3 Å². The smallest absolute Gasteiger partial charge is 0.423 e. The van der Waals surface area contributed by atoms with Crippen LogP contribution < -0.4 is 14.5 Å². The molecule has 2 aromatic rings. The highest BCUT2D eigenvalue weighted by molar-refractivity contribution is 7.80. The molecule has 2 aliphatic carbocycles. The number of hydrogen-bond acceptors (Lipinski definition) is 9. The molecular formula is C35H39FN4O7S2. The van der Waals surface area contributed by atoms with E-state index in [9.17, 15) is 23.6 Å². The fourth-order valence-electron chi connectivity index (χ4n) is 7.48. The second kappa shape index (κ2) is 14.4. The van der Waals surface area contributed by atoms with Gasteiger partial charge in [0, 0.05) is 17.8 Å². The SMILES string of the molecule is CCOC(=O)N1C(=O)C2(CCCCC2)N(c2ccc(OCCCOC(=O)N3C(=O)C4(CCCCC4)N(c4ccc(F)cc4)C3=S)cc2)C1=S. The molecule has 0 N–H and O–H groups in total. The number of carbonyl (C=O) groups is 4. The number of thiocarbonyl (C=S) groups is 2. The number of halogens is 1. The molecule has 4 fully saturated rings. The summed E-state index contributed by atoms with van der Waals surface area (Å²) >= 11 is 11.3. The van der Waals surface area contributed by atoms with Crippen molar-refractivity contribution in [2.24, 2.45) is 0 Å². The van der Waals surface area contributed by atoms with Gasteiger partial charge in [0.2, 0.25) is 0 Å². The fourth-order valence-corrected chi connectivity index (χ4v) is 8.35. The Morgan fingerprint density at radius 1 is 0.694 bits per heavy atom. The summed E-state index contributed by atoms with van der Waals surface area (Å²) in [6.07, 6.45) is 6.25. The van der Waals surface area contributed by atoms with Gasteiger partial charge in [-0.1, -0.05) is 38.5 Å². The Labute approximate surface area is 295 Å². The largest absolute Gasteiger partial charge is 0.493 e. The monoisotopic (exact) mass is 710 g/mol. The van der Waals surface area contributed by atoms with E-state index in [0.29, 0.717) is 49.2 Å². The van der Waals surface area contributed by atoms with Crippen LogP contribution in [0.4, 0.5) is 25.4 Å².